The van der Waals surface area contributed by atoms with Crippen molar-refractivity contribution >= 4 is 5.97 Å². The molecule has 0 aliphatic rings. The molecule has 0 fully saturated rings. The van der Waals surface area contributed by atoms with Crippen molar-refractivity contribution in [2.45, 2.75) is 13.1 Å². The number of aromatic nitrogens is 3. The molecule has 2 heterocycles. The van der Waals surface area contributed by atoms with Gasteiger partial charge in [0.25, 0.3) is 0 Å². The Bertz CT molecular complexity index is 580. The number of carboxylic acids is 1. The van der Waals surface area contributed by atoms with Gasteiger partial charge in [-0.05, 0) is 19.2 Å². The van der Waals surface area contributed by atoms with Crippen molar-refractivity contribution in [1.29, 1.82) is 0 Å². The van der Waals surface area contributed by atoms with E-state index >= 15 is 0 Å². The molecule has 0 atom stereocenters. The fraction of sp³-hybridized carbons (Fsp3) is 0.308. The molecule has 0 aliphatic heterocycles. The van der Waals surface area contributed by atoms with Crippen molar-refractivity contribution in [2.24, 2.45) is 7.05 Å². The van der Waals surface area contributed by atoms with Gasteiger partial charge in [0, 0.05) is 26.0 Å². The number of hydrogen-bond acceptors (Lipinski definition) is 4. The highest BCUT2D eigenvalue weighted by Crippen LogP contribution is 2.06. The van der Waals surface area contributed by atoms with E-state index in [2.05, 4.69) is 9.97 Å². The maximum atomic E-state index is 10.9. The largest absolute Gasteiger partial charge is 0.477 e. The van der Waals surface area contributed by atoms with Crippen molar-refractivity contribution < 1.29 is 9.90 Å². The highest BCUT2D eigenvalue weighted by atomic mass is 16.4. The average molecular weight is 260 g/mol. The molecule has 19 heavy (non-hydrogen) atoms. The van der Waals surface area contributed by atoms with Crippen LogP contribution in [-0.4, -0.2) is 37.6 Å². The third-order valence-corrected chi connectivity index (χ3v) is 2.79. The quantitative estimate of drug-likeness (QED) is 0.873. The number of nitrogens with zero attached hydrogens (tertiary/aromatic N) is 4. The summed E-state index contributed by atoms with van der Waals surface area (Å²) in [7, 11) is 3.89. The van der Waals surface area contributed by atoms with E-state index in [9.17, 15) is 4.79 Å². The van der Waals surface area contributed by atoms with Gasteiger partial charge < -0.3 is 9.67 Å². The second-order valence-corrected chi connectivity index (χ2v) is 4.45. The minimum Gasteiger partial charge on any atom is -0.477 e. The Morgan fingerprint density at radius 1 is 1.42 bits per heavy atom. The zero-order valence-corrected chi connectivity index (χ0v) is 10.9. The SMILES string of the molecule is CN(Cc1cccc(C(=O)O)n1)Cc1nccn1C. The van der Waals surface area contributed by atoms with Crippen LogP contribution in [0, 0.1) is 0 Å². The molecule has 0 bridgehead atoms. The first-order valence-electron chi connectivity index (χ1n) is 5.90. The lowest BCUT2D eigenvalue weighted by Gasteiger charge is -2.15. The molecule has 0 radical (unpaired) electrons. The van der Waals surface area contributed by atoms with Gasteiger partial charge in [-0.1, -0.05) is 6.07 Å². The Hall–Kier alpha value is -2.21. The monoisotopic (exact) mass is 260 g/mol. The van der Waals surface area contributed by atoms with Crippen LogP contribution in [-0.2, 0) is 20.1 Å². The predicted molar refractivity (Wildman–Crippen MR) is 69.6 cm³/mol. The minimum atomic E-state index is -1.01. The van der Waals surface area contributed by atoms with Crippen LogP contribution in [0.15, 0.2) is 30.6 Å². The summed E-state index contributed by atoms with van der Waals surface area (Å²) in [6.45, 7) is 1.26. The molecule has 6 nitrogen and oxygen atoms in total. The van der Waals surface area contributed by atoms with E-state index < -0.39 is 5.97 Å². The zero-order valence-electron chi connectivity index (χ0n) is 10.9. The maximum Gasteiger partial charge on any atom is 0.354 e. The maximum absolute atomic E-state index is 10.9. The number of imidazole rings is 1. The molecule has 0 aromatic carbocycles. The van der Waals surface area contributed by atoms with Gasteiger partial charge in [0.2, 0.25) is 0 Å². The molecule has 0 amide bonds. The van der Waals surface area contributed by atoms with Crippen molar-refractivity contribution in [3.63, 3.8) is 0 Å². The number of rotatable bonds is 5. The Morgan fingerprint density at radius 2 is 2.21 bits per heavy atom. The van der Waals surface area contributed by atoms with Crippen LogP contribution >= 0.6 is 0 Å². The van der Waals surface area contributed by atoms with Crippen molar-refractivity contribution in [1.82, 2.24) is 19.4 Å². The number of hydrogen-bond donors (Lipinski definition) is 1. The summed E-state index contributed by atoms with van der Waals surface area (Å²) in [5.41, 5.74) is 0.805. The van der Waals surface area contributed by atoms with Crippen molar-refractivity contribution in [2.75, 3.05) is 7.05 Å². The first kappa shape index (κ1) is 13.2. The van der Waals surface area contributed by atoms with E-state index in [0.29, 0.717) is 13.1 Å². The molecular weight excluding hydrogens is 244 g/mol. The van der Waals surface area contributed by atoms with Crippen LogP contribution in [0.25, 0.3) is 0 Å². The second kappa shape index (κ2) is 5.62. The lowest BCUT2D eigenvalue weighted by Crippen LogP contribution is -2.20. The van der Waals surface area contributed by atoms with Crippen LogP contribution in [0.4, 0.5) is 0 Å². The Balaban J connectivity index is 2.02. The second-order valence-electron chi connectivity index (χ2n) is 4.45. The Labute approximate surface area is 111 Å². The van der Waals surface area contributed by atoms with Crippen LogP contribution in [0.2, 0.25) is 0 Å². The van der Waals surface area contributed by atoms with E-state index in [0.717, 1.165) is 11.5 Å². The first-order valence-corrected chi connectivity index (χ1v) is 5.90. The van der Waals surface area contributed by atoms with Crippen LogP contribution in [0.1, 0.15) is 22.0 Å². The highest BCUT2D eigenvalue weighted by molar-refractivity contribution is 5.85. The van der Waals surface area contributed by atoms with E-state index in [1.54, 1.807) is 12.3 Å². The molecular formula is C13H16N4O2. The van der Waals surface area contributed by atoms with Gasteiger partial charge in [-0.25, -0.2) is 14.8 Å². The molecule has 0 saturated carbocycles. The fourth-order valence-corrected chi connectivity index (χ4v) is 1.81. The number of pyridine rings is 1. The minimum absolute atomic E-state index is 0.0721. The summed E-state index contributed by atoms with van der Waals surface area (Å²) in [5.74, 6) is -0.0505. The number of aryl methyl sites for hydroxylation is 1. The topological polar surface area (TPSA) is 71.2 Å². The summed E-state index contributed by atoms with van der Waals surface area (Å²) in [5, 5.41) is 8.90. The summed E-state index contributed by atoms with van der Waals surface area (Å²) in [4.78, 5) is 21.2. The summed E-state index contributed by atoms with van der Waals surface area (Å²) < 4.78 is 1.96. The molecule has 0 spiro atoms. The third-order valence-electron chi connectivity index (χ3n) is 2.79. The number of carboxylic acid groups (broad SMARTS) is 1. The first-order chi connectivity index (χ1) is 9.06. The molecule has 100 valence electrons. The normalized spacial score (nSPS) is 10.9. The van der Waals surface area contributed by atoms with Crippen molar-refractivity contribution in [3.05, 3.63) is 47.8 Å². The van der Waals surface area contributed by atoms with Gasteiger partial charge in [-0.3, -0.25) is 4.90 Å². The lowest BCUT2D eigenvalue weighted by molar-refractivity contribution is 0.0690. The summed E-state index contributed by atoms with van der Waals surface area (Å²) >= 11 is 0. The molecule has 1 N–H and O–H groups in total. The van der Waals surface area contributed by atoms with Gasteiger partial charge in [0.1, 0.15) is 11.5 Å². The van der Waals surface area contributed by atoms with E-state index in [4.69, 9.17) is 5.11 Å². The number of carbonyl (C=O) groups is 1. The highest BCUT2D eigenvalue weighted by Gasteiger charge is 2.09. The van der Waals surface area contributed by atoms with E-state index in [1.165, 1.54) is 6.07 Å². The summed E-state index contributed by atoms with van der Waals surface area (Å²) in [6.07, 6.45) is 3.65. The van der Waals surface area contributed by atoms with E-state index in [1.807, 2.05) is 35.8 Å². The molecule has 2 aromatic heterocycles. The van der Waals surface area contributed by atoms with Gasteiger partial charge in [0.05, 0.1) is 12.2 Å². The lowest BCUT2D eigenvalue weighted by atomic mass is 10.3. The standard InChI is InChI=1S/C13H16N4O2/c1-16(9-12-14-6-7-17(12)2)8-10-4-3-5-11(15-10)13(18)19/h3-7H,8-9H2,1-2H3,(H,18,19). The third kappa shape index (κ3) is 3.38. The van der Waals surface area contributed by atoms with Crippen LogP contribution in [0.5, 0.6) is 0 Å². The molecule has 2 rings (SSSR count). The van der Waals surface area contributed by atoms with Gasteiger partial charge in [-0.15, -0.1) is 0 Å². The van der Waals surface area contributed by atoms with Crippen LogP contribution < -0.4 is 0 Å². The average Bonchev–Trinajstić information content (AvgIpc) is 2.75. The predicted octanol–water partition coefficient (Wildman–Crippen LogP) is 1.15. The Morgan fingerprint density at radius 3 is 2.84 bits per heavy atom. The molecule has 0 unspecified atom stereocenters. The van der Waals surface area contributed by atoms with Gasteiger partial charge in [0.15, 0.2) is 0 Å². The smallest absolute Gasteiger partial charge is 0.354 e. The molecule has 6 heteroatoms. The van der Waals surface area contributed by atoms with Gasteiger partial charge in [-0.2, -0.15) is 0 Å². The van der Waals surface area contributed by atoms with Crippen LogP contribution in [0.3, 0.4) is 0 Å². The van der Waals surface area contributed by atoms with E-state index in [-0.39, 0.29) is 5.69 Å². The van der Waals surface area contributed by atoms with Crippen molar-refractivity contribution in [3.8, 4) is 0 Å². The summed E-state index contributed by atoms with van der Waals surface area (Å²) in [6, 6.07) is 5.02. The fourth-order valence-electron chi connectivity index (χ4n) is 1.81. The number of aromatic carboxylic acids is 1. The Kier molecular flexibility index (Phi) is 3.91. The van der Waals surface area contributed by atoms with Gasteiger partial charge >= 0.3 is 5.97 Å². The molecule has 0 aliphatic carbocycles. The molecule has 0 saturated heterocycles. The zero-order chi connectivity index (χ0) is 13.8. The molecule has 2 aromatic rings.